The summed E-state index contributed by atoms with van der Waals surface area (Å²) in [5, 5.41) is 7.07. The van der Waals surface area contributed by atoms with Crippen molar-refractivity contribution in [3.8, 4) is 0 Å². The smallest absolute Gasteiger partial charge is 0.0653 e. The molecule has 2 nitrogen and oxygen atoms in total. The van der Waals surface area contributed by atoms with Gasteiger partial charge < -0.3 is 0 Å². The van der Waals surface area contributed by atoms with Crippen molar-refractivity contribution >= 4 is 10.2 Å². The summed E-state index contributed by atoms with van der Waals surface area (Å²) in [5.74, 6) is 0. The van der Waals surface area contributed by atoms with Crippen LogP contribution in [0, 0.1) is 0 Å². The van der Waals surface area contributed by atoms with Crippen LogP contribution in [0.4, 0.5) is 0 Å². The molecule has 0 aliphatic heterocycles. The predicted molar refractivity (Wildman–Crippen MR) is 59.7 cm³/mol. The third-order valence-corrected chi connectivity index (χ3v) is 4.66. The minimum atomic E-state index is 0.171. The molecule has 0 spiro atoms. The average molecular weight is 188 g/mol. The van der Waals surface area contributed by atoms with E-state index in [4.69, 9.17) is 0 Å². The molecule has 74 valence electrons. The maximum absolute atomic E-state index is 3.53. The molecule has 0 aromatic rings. The Morgan fingerprint density at radius 3 is 1.83 bits per heavy atom. The van der Waals surface area contributed by atoms with Crippen LogP contribution in [0.1, 0.15) is 34.1 Å². The van der Waals surface area contributed by atoms with Crippen molar-refractivity contribution in [1.82, 2.24) is 10.6 Å². The predicted octanol–water partition coefficient (Wildman–Crippen LogP) is 0.485. The van der Waals surface area contributed by atoms with Crippen LogP contribution >= 0.6 is 0 Å². The van der Waals surface area contributed by atoms with Crippen molar-refractivity contribution in [3.05, 3.63) is 0 Å². The van der Waals surface area contributed by atoms with Gasteiger partial charge in [0, 0.05) is 10.2 Å². The van der Waals surface area contributed by atoms with E-state index in [1.54, 1.807) is 0 Å². The van der Waals surface area contributed by atoms with Gasteiger partial charge in [-0.3, -0.25) is 10.6 Å². The molecule has 0 aromatic carbocycles. The van der Waals surface area contributed by atoms with Gasteiger partial charge in [0.25, 0.3) is 0 Å². The van der Waals surface area contributed by atoms with Crippen molar-refractivity contribution in [2.45, 2.75) is 45.3 Å². The van der Waals surface area contributed by atoms with Crippen LogP contribution in [-0.2, 0) is 0 Å². The zero-order chi connectivity index (χ0) is 9.61. The Labute approximate surface area is 79.9 Å². The van der Waals surface area contributed by atoms with E-state index in [1.807, 2.05) is 0 Å². The van der Waals surface area contributed by atoms with E-state index in [9.17, 15) is 0 Å². The summed E-state index contributed by atoms with van der Waals surface area (Å²) in [6, 6.07) is 0. The Morgan fingerprint density at radius 1 is 1.17 bits per heavy atom. The first-order chi connectivity index (χ1) is 5.60. The summed E-state index contributed by atoms with van der Waals surface area (Å²) in [7, 11) is 1.25. The van der Waals surface area contributed by atoms with E-state index in [2.05, 4.69) is 38.3 Å². The molecule has 0 rings (SSSR count). The highest BCUT2D eigenvalue weighted by Gasteiger charge is 2.26. The Morgan fingerprint density at radius 2 is 1.58 bits per heavy atom. The maximum Gasteiger partial charge on any atom is 0.0653 e. The molecule has 1 unspecified atom stereocenters. The normalized spacial score (nSPS) is 15.0. The van der Waals surface area contributed by atoms with Crippen LogP contribution in [0.3, 0.4) is 0 Å². The third-order valence-electron chi connectivity index (χ3n) is 2.69. The molecular formula is C9H24N2Si. The fourth-order valence-corrected chi connectivity index (χ4v) is 1.96. The third kappa shape index (κ3) is 3.25. The zero-order valence-electron chi connectivity index (χ0n) is 9.20. The molecule has 0 aliphatic rings. The van der Waals surface area contributed by atoms with Crippen molar-refractivity contribution in [2.24, 2.45) is 0 Å². The molecule has 0 amide bonds. The molecule has 12 heavy (non-hydrogen) atoms. The van der Waals surface area contributed by atoms with Gasteiger partial charge in [-0.2, -0.15) is 0 Å². The van der Waals surface area contributed by atoms with Gasteiger partial charge >= 0.3 is 0 Å². The second kappa shape index (κ2) is 5.73. The maximum atomic E-state index is 3.53. The van der Waals surface area contributed by atoms with E-state index >= 15 is 0 Å². The zero-order valence-corrected chi connectivity index (χ0v) is 11.2. The highest BCUT2D eigenvalue weighted by molar-refractivity contribution is 6.12. The van der Waals surface area contributed by atoms with Gasteiger partial charge in [0.1, 0.15) is 0 Å². The number of hydrogen-bond donors (Lipinski definition) is 2. The Hall–Kier alpha value is 0.137. The summed E-state index contributed by atoms with van der Waals surface area (Å²) in [6.07, 6.45) is 1.27. The SMILES string of the molecule is CCNC(C)(NCC)C([SiH3])CC. The lowest BCUT2D eigenvalue weighted by atomic mass is 10.1. The monoisotopic (exact) mass is 188 g/mol. The molecular weight excluding hydrogens is 164 g/mol. The summed E-state index contributed by atoms with van der Waals surface area (Å²) >= 11 is 0. The highest BCUT2D eigenvalue weighted by Crippen LogP contribution is 2.19. The van der Waals surface area contributed by atoms with Crippen molar-refractivity contribution in [3.63, 3.8) is 0 Å². The molecule has 0 bridgehead atoms. The van der Waals surface area contributed by atoms with Crippen LogP contribution in [0.15, 0.2) is 0 Å². The highest BCUT2D eigenvalue weighted by atomic mass is 28.1. The van der Waals surface area contributed by atoms with Gasteiger partial charge in [-0.15, -0.1) is 0 Å². The first kappa shape index (κ1) is 12.1. The topological polar surface area (TPSA) is 24.1 Å². The molecule has 2 N–H and O–H groups in total. The van der Waals surface area contributed by atoms with Crippen molar-refractivity contribution in [2.75, 3.05) is 13.1 Å². The number of nitrogens with one attached hydrogen (secondary N) is 2. The lowest BCUT2D eigenvalue weighted by molar-refractivity contribution is 0.272. The molecule has 0 aromatic heterocycles. The molecule has 1 atom stereocenters. The fourth-order valence-electron chi connectivity index (χ4n) is 1.55. The quantitative estimate of drug-likeness (QED) is 0.468. The molecule has 0 heterocycles. The lowest BCUT2D eigenvalue weighted by Crippen LogP contribution is -2.57. The largest absolute Gasteiger partial charge is 0.300 e. The molecule has 0 fully saturated rings. The van der Waals surface area contributed by atoms with E-state index in [1.165, 1.54) is 16.7 Å². The molecule has 0 saturated carbocycles. The standard InChI is InChI=1S/C9H24N2Si/c1-5-8(12)9(4,10-6-2)11-7-3/h8,10-11H,5-7H2,1-4,12H3. The van der Waals surface area contributed by atoms with Gasteiger partial charge in [-0.1, -0.05) is 27.2 Å². The lowest BCUT2D eigenvalue weighted by Gasteiger charge is -2.37. The average Bonchev–Trinajstić information content (AvgIpc) is 2.04. The number of hydrogen-bond acceptors (Lipinski definition) is 2. The minimum Gasteiger partial charge on any atom is -0.300 e. The van der Waals surface area contributed by atoms with Gasteiger partial charge in [-0.25, -0.2) is 0 Å². The van der Waals surface area contributed by atoms with Gasteiger partial charge in [0.05, 0.1) is 5.66 Å². The minimum absolute atomic E-state index is 0.171. The fraction of sp³-hybridized carbons (Fsp3) is 1.00. The molecule has 3 heteroatoms. The van der Waals surface area contributed by atoms with Crippen LogP contribution < -0.4 is 10.6 Å². The second-order valence-corrected chi connectivity index (χ2v) is 4.97. The summed E-state index contributed by atoms with van der Waals surface area (Å²) in [6.45, 7) is 11.0. The van der Waals surface area contributed by atoms with Crippen LogP contribution in [0.25, 0.3) is 0 Å². The van der Waals surface area contributed by atoms with Gasteiger partial charge in [0.2, 0.25) is 0 Å². The van der Waals surface area contributed by atoms with E-state index < -0.39 is 0 Å². The molecule has 0 saturated heterocycles. The van der Waals surface area contributed by atoms with Gasteiger partial charge in [-0.05, 0) is 25.6 Å². The van der Waals surface area contributed by atoms with E-state index in [0.29, 0.717) is 0 Å². The van der Waals surface area contributed by atoms with E-state index in [-0.39, 0.29) is 5.66 Å². The molecule has 0 radical (unpaired) electrons. The Kier molecular flexibility index (Phi) is 5.79. The van der Waals surface area contributed by atoms with Gasteiger partial charge in [0.15, 0.2) is 0 Å². The van der Waals surface area contributed by atoms with Crippen molar-refractivity contribution < 1.29 is 0 Å². The summed E-state index contributed by atoms with van der Waals surface area (Å²) in [5.41, 5.74) is 0.974. The van der Waals surface area contributed by atoms with Crippen LogP contribution in [0.2, 0.25) is 5.54 Å². The Bertz CT molecular complexity index is 111. The first-order valence-electron chi connectivity index (χ1n) is 5.10. The van der Waals surface area contributed by atoms with E-state index in [0.717, 1.165) is 18.6 Å². The second-order valence-electron chi connectivity index (χ2n) is 3.57. The van der Waals surface area contributed by atoms with Crippen LogP contribution in [-0.4, -0.2) is 29.0 Å². The van der Waals surface area contributed by atoms with Crippen molar-refractivity contribution in [1.29, 1.82) is 0 Å². The summed E-state index contributed by atoms with van der Waals surface area (Å²) < 4.78 is 0. The number of rotatable bonds is 6. The Balaban J connectivity index is 4.15. The van der Waals surface area contributed by atoms with Crippen LogP contribution in [0.5, 0.6) is 0 Å². The first-order valence-corrected chi connectivity index (χ1v) is 6.26. The summed E-state index contributed by atoms with van der Waals surface area (Å²) in [4.78, 5) is 0. The molecule has 0 aliphatic carbocycles.